The fraction of sp³-hybridized carbons (Fsp3) is 0.286. The highest BCUT2D eigenvalue weighted by Crippen LogP contribution is 2.17. The molecule has 0 aliphatic carbocycles. The number of Topliss-reactive ketones (excluding diaryl/α,β-unsaturated/α-hetero) is 1. The maximum atomic E-state index is 11.8. The molecule has 2 rings (SSSR count). The predicted octanol–water partition coefficient (Wildman–Crippen LogP) is 1.79. The Kier molecular flexibility index (Phi) is 4.99. The van der Waals surface area contributed by atoms with Gasteiger partial charge in [-0.1, -0.05) is 0 Å². The number of esters is 1. The van der Waals surface area contributed by atoms with E-state index in [2.05, 4.69) is 4.98 Å². The molecule has 0 saturated carbocycles. The van der Waals surface area contributed by atoms with E-state index in [-0.39, 0.29) is 31.1 Å². The lowest BCUT2D eigenvalue weighted by Gasteiger charge is -2.05. The van der Waals surface area contributed by atoms with Crippen molar-refractivity contribution in [3.05, 3.63) is 51.4 Å². The maximum Gasteiger partial charge on any atom is 0.339 e. The first-order valence-corrected chi connectivity index (χ1v) is 7.16. The fourth-order valence-corrected chi connectivity index (χ4v) is 2.46. The summed E-state index contributed by atoms with van der Waals surface area (Å²) in [4.78, 5) is 28.9. The molecule has 0 aliphatic heterocycles. The minimum Gasteiger partial charge on any atom is -0.711 e. The minimum atomic E-state index is -0.526. The topological polar surface area (TPSA) is 83.2 Å². The zero-order chi connectivity index (χ0) is 15.2. The van der Waals surface area contributed by atoms with E-state index in [0.717, 1.165) is 4.88 Å². The molecule has 0 spiro atoms. The van der Waals surface area contributed by atoms with Crippen LogP contribution in [0.1, 0.15) is 33.2 Å². The van der Waals surface area contributed by atoms with Crippen LogP contribution < -0.4 is 4.73 Å². The van der Waals surface area contributed by atoms with E-state index in [1.54, 1.807) is 6.07 Å². The second-order valence-electron chi connectivity index (χ2n) is 4.36. The van der Waals surface area contributed by atoms with Gasteiger partial charge in [0, 0.05) is 17.4 Å². The lowest BCUT2D eigenvalue weighted by Crippen LogP contribution is -2.33. The average molecular weight is 306 g/mol. The molecule has 21 heavy (non-hydrogen) atoms. The van der Waals surface area contributed by atoms with E-state index in [9.17, 15) is 14.8 Å². The Morgan fingerprint density at radius 3 is 2.86 bits per heavy atom. The Morgan fingerprint density at radius 2 is 2.19 bits per heavy atom. The number of ether oxygens (including phenoxy) is 1. The highest BCUT2D eigenvalue weighted by molar-refractivity contribution is 7.14. The molecule has 0 amide bonds. The second kappa shape index (κ2) is 6.94. The van der Waals surface area contributed by atoms with Crippen LogP contribution in [0, 0.1) is 12.1 Å². The summed E-state index contributed by atoms with van der Waals surface area (Å²) in [5.74, 6) is -0.505. The van der Waals surface area contributed by atoms with Crippen LogP contribution >= 0.6 is 11.3 Å². The van der Waals surface area contributed by atoms with Gasteiger partial charge in [-0.05, 0) is 24.0 Å². The van der Waals surface area contributed by atoms with Crippen LogP contribution in [0.25, 0.3) is 0 Å². The smallest absolute Gasteiger partial charge is 0.339 e. The van der Waals surface area contributed by atoms with Gasteiger partial charge in [0.15, 0.2) is 12.4 Å². The summed E-state index contributed by atoms with van der Waals surface area (Å²) in [7, 11) is 0. The van der Waals surface area contributed by atoms with Gasteiger partial charge in [0.25, 0.3) is 0 Å². The first kappa shape index (κ1) is 15.1. The van der Waals surface area contributed by atoms with Gasteiger partial charge in [0.05, 0.1) is 17.5 Å². The molecule has 2 aromatic rings. The molecule has 0 bridgehead atoms. The lowest BCUT2D eigenvalue weighted by atomic mass is 10.2. The van der Waals surface area contributed by atoms with Crippen molar-refractivity contribution in [1.82, 2.24) is 4.98 Å². The summed E-state index contributed by atoms with van der Waals surface area (Å²) in [6.45, 7) is 1.72. The molecule has 0 atom stereocenters. The van der Waals surface area contributed by atoms with Crippen molar-refractivity contribution in [1.29, 1.82) is 0 Å². The quantitative estimate of drug-likeness (QED) is 0.352. The van der Waals surface area contributed by atoms with Crippen LogP contribution in [0.3, 0.4) is 0 Å². The van der Waals surface area contributed by atoms with Crippen LogP contribution in [-0.2, 0) is 16.1 Å². The van der Waals surface area contributed by atoms with E-state index in [1.807, 2.05) is 13.0 Å². The van der Waals surface area contributed by atoms with E-state index in [1.165, 1.54) is 29.8 Å². The molecular formula is C14H14N2O4S. The summed E-state index contributed by atoms with van der Waals surface area (Å²) >= 11 is 1.40. The SMILES string of the molecule is Cc1ccc(C(=O)CCC(=O)OCc2nccc[n+]2[O-])s1. The molecule has 2 aromatic heterocycles. The summed E-state index contributed by atoms with van der Waals surface area (Å²) in [6, 6.07) is 5.10. The van der Waals surface area contributed by atoms with Crippen molar-refractivity contribution in [3.63, 3.8) is 0 Å². The largest absolute Gasteiger partial charge is 0.711 e. The molecule has 0 unspecified atom stereocenters. The number of aromatic nitrogens is 2. The molecule has 2 heterocycles. The molecule has 0 aromatic carbocycles. The lowest BCUT2D eigenvalue weighted by molar-refractivity contribution is -0.620. The summed E-state index contributed by atoms with van der Waals surface area (Å²) in [5, 5.41) is 11.3. The maximum absolute atomic E-state index is 11.8. The first-order valence-electron chi connectivity index (χ1n) is 6.34. The van der Waals surface area contributed by atoms with E-state index >= 15 is 0 Å². The number of nitrogens with zero attached hydrogens (tertiary/aromatic N) is 2. The van der Waals surface area contributed by atoms with E-state index in [0.29, 0.717) is 9.61 Å². The van der Waals surface area contributed by atoms with Crippen molar-refractivity contribution in [2.45, 2.75) is 26.4 Å². The standard InChI is InChI=1S/C14H14N2O4S/c1-10-3-5-12(21-10)11(17)4-6-14(18)20-9-13-15-7-2-8-16(13)19/h2-3,5,7-8H,4,6,9H2,1H3. The third kappa shape index (κ3) is 4.35. The third-order valence-electron chi connectivity index (χ3n) is 2.72. The minimum absolute atomic E-state index is 0.0124. The Hall–Kier alpha value is -2.28. The predicted molar refractivity (Wildman–Crippen MR) is 75.6 cm³/mol. The zero-order valence-electron chi connectivity index (χ0n) is 11.4. The third-order valence-corrected chi connectivity index (χ3v) is 3.76. The number of carbonyl (C=O) groups is 2. The van der Waals surface area contributed by atoms with Gasteiger partial charge in [-0.25, -0.2) is 4.73 Å². The van der Waals surface area contributed by atoms with Gasteiger partial charge in [-0.3, -0.25) is 9.59 Å². The number of aryl methyl sites for hydroxylation is 1. The van der Waals surface area contributed by atoms with Crippen LogP contribution in [-0.4, -0.2) is 16.7 Å². The van der Waals surface area contributed by atoms with Crippen molar-refractivity contribution >= 4 is 23.1 Å². The summed E-state index contributed by atoms with van der Waals surface area (Å²) in [6.07, 6.45) is 2.80. The van der Waals surface area contributed by atoms with E-state index in [4.69, 9.17) is 4.74 Å². The molecule has 0 N–H and O–H groups in total. The fourth-order valence-electron chi connectivity index (χ4n) is 1.63. The van der Waals surface area contributed by atoms with Crippen molar-refractivity contribution in [3.8, 4) is 0 Å². The Labute approximate surface area is 125 Å². The van der Waals surface area contributed by atoms with E-state index < -0.39 is 5.97 Å². The van der Waals surface area contributed by atoms with Gasteiger partial charge in [0.1, 0.15) is 6.20 Å². The molecule has 0 fully saturated rings. The van der Waals surface area contributed by atoms with Gasteiger partial charge >= 0.3 is 11.8 Å². The van der Waals surface area contributed by atoms with Crippen LogP contribution in [0.2, 0.25) is 0 Å². The zero-order valence-corrected chi connectivity index (χ0v) is 12.3. The van der Waals surface area contributed by atoms with Gasteiger partial charge < -0.3 is 9.94 Å². The molecule has 0 radical (unpaired) electrons. The molecule has 0 saturated heterocycles. The molecule has 6 nitrogen and oxygen atoms in total. The molecular weight excluding hydrogens is 292 g/mol. The van der Waals surface area contributed by atoms with Crippen molar-refractivity contribution < 1.29 is 19.1 Å². The van der Waals surface area contributed by atoms with Crippen molar-refractivity contribution in [2.24, 2.45) is 0 Å². The van der Waals surface area contributed by atoms with Crippen molar-refractivity contribution in [2.75, 3.05) is 0 Å². The Morgan fingerprint density at radius 1 is 1.38 bits per heavy atom. The van der Waals surface area contributed by atoms with Crippen LogP contribution in [0.4, 0.5) is 0 Å². The van der Waals surface area contributed by atoms with Gasteiger partial charge in [0.2, 0.25) is 0 Å². The molecule has 0 aliphatic rings. The van der Waals surface area contributed by atoms with Crippen LogP contribution in [0.15, 0.2) is 30.6 Å². The highest BCUT2D eigenvalue weighted by Gasteiger charge is 2.14. The Balaban J connectivity index is 1.78. The number of hydrogen-bond donors (Lipinski definition) is 0. The molecule has 110 valence electrons. The van der Waals surface area contributed by atoms with Crippen LogP contribution in [0.5, 0.6) is 0 Å². The number of hydrogen-bond acceptors (Lipinski definition) is 6. The Bertz CT molecular complexity index is 654. The van der Waals surface area contributed by atoms with Gasteiger partial charge in [-0.2, -0.15) is 0 Å². The second-order valence-corrected chi connectivity index (χ2v) is 5.64. The summed E-state index contributed by atoms with van der Waals surface area (Å²) in [5.41, 5.74) is 0. The number of thiophene rings is 1. The summed E-state index contributed by atoms with van der Waals surface area (Å²) < 4.78 is 5.46. The number of rotatable bonds is 6. The monoisotopic (exact) mass is 306 g/mol. The number of ketones is 1. The highest BCUT2D eigenvalue weighted by atomic mass is 32.1. The molecule has 7 heteroatoms. The van der Waals surface area contributed by atoms with Gasteiger partial charge in [-0.15, -0.1) is 11.3 Å². The number of carbonyl (C=O) groups excluding carboxylic acids is 2. The normalized spacial score (nSPS) is 10.3. The average Bonchev–Trinajstić information content (AvgIpc) is 2.90. The first-order chi connectivity index (χ1) is 10.1.